The summed E-state index contributed by atoms with van der Waals surface area (Å²) in [5.41, 5.74) is -1.43. The molecule has 0 unspecified atom stereocenters. The van der Waals surface area contributed by atoms with Crippen molar-refractivity contribution in [3.8, 4) is 0 Å². The van der Waals surface area contributed by atoms with Crippen LogP contribution in [0.15, 0.2) is 18.2 Å². The number of carbonyl (C=O) groups is 2. The molecule has 1 aromatic rings. The van der Waals surface area contributed by atoms with E-state index in [1.165, 1.54) is 12.0 Å². The third-order valence-electron chi connectivity index (χ3n) is 3.26. The van der Waals surface area contributed by atoms with Gasteiger partial charge >= 0.3 is 5.97 Å². The Kier molecular flexibility index (Phi) is 7.41. The van der Waals surface area contributed by atoms with Crippen LogP contribution in [0.2, 0.25) is 0 Å². The van der Waals surface area contributed by atoms with Gasteiger partial charge in [0.1, 0.15) is 0 Å². The summed E-state index contributed by atoms with van der Waals surface area (Å²) in [6.07, 6.45) is 0.0919. The largest absolute Gasteiger partial charge is 0.469 e. The molecule has 1 N–H and O–H groups in total. The van der Waals surface area contributed by atoms with E-state index in [0.717, 1.165) is 18.2 Å². The van der Waals surface area contributed by atoms with Crippen LogP contribution < -0.4 is 0 Å². The maximum Gasteiger partial charge on any atom is 0.307 e. The van der Waals surface area contributed by atoms with Crippen molar-refractivity contribution in [3.05, 3.63) is 44.0 Å². The second-order valence-corrected chi connectivity index (χ2v) is 4.95. The van der Waals surface area contributed by atoms with E-state index in [1.807, 2.05) is 0 Å². The van der Waals surface area contributed by atoms with Crippen molar-refractivity contribution in [1.82, 2.24) is 4.90 Å². The number of aliphatic hydroxyl groups is 1. The predicted molar refractivity (Wildman–Crippen MR) is 84.0 cm³/mol. The fraction of sp³-hybridized carbons (Fsp3) is 0.429. The third-order valence-corrected chi connectivity index (χ3v) is 3.26. The van der Waals surface area contributed by atoms with Crippen LogP contribution in [0.3, 0.4) is 0 Å². The van der Waals surface area contributed by atoms with Crippen LogP contribution >= 0.6 is 0 Å². The minimum atomic E-state index is -0.837. The van der Waals surface area contributed by atoms with Crippen molar-refractivity contribution >= 4 is 23.3 Å². The van der Waals surface area contributed by atoms with Gasteiger partial charge in [-0.25, -0.2) is 0 Å². The second kappa shape index (κ2) is 9.27. The molecule has 0 aliphatic rings. The summed E-state index contributed by atoms with van der Waals surface area (Å²) in [7, 11) is 1.19. The number of methoxy groups -OCH3 is 1. The monoisotopic (exact) mass is 355 g/mol. The molecular weight excluding hydrogens is 338 g/mol. The molecule has 0 saturated carbocycles. The van der Waals surface area contributed by atoms with Gasteiger partial charge in [-0.1, -0.05) is 0 Å². The van der Waals surface area contributed by atoms with E-state index in [0.29, 0.717) is 0 Å². The molecular formula is C14H17N3O8. The van der Waals surface area contributed by atoms with Gasteiger partial charge in [0.2, 0.25) is 0 Å². The molecule has 0 saturated heterocycles. The van der Waals surface area contributed by atoms with E-state index in [9.17, 15) is 29.8 Å². The summed E-state index contributed by atoms with van der Waals surface area (Å²) in [5.74, 6) is -1.28. The lowest BCUT2D eigenvalue weighted by Gasteiger charge is -2.22. The number of amides is 1. The lowest BCUT2D eigenvalue weighted by atomic mass is 10.1. The Bertz CT molecular complexity index is 644. The first-order chi connectivity index (χ1) is 11.8. The van der Waals surface area contributed by atoms with Gasteiger partial charge in [0.05, 0.1) is 35.0 Å². The van der Waals surface area contributed by atoms with E-state index in [1.54, 1.807) is 0 Å². The number of rotatable bonds is 9. The molecule has 1 amide bonds. The van der Waals surface area contributed by atoms with Crippen LogP contribution in [-0.2, 0) is 9.53 Å². The normalized spacial score (nSPS) is 10.2. The highest BCUT2D eigenvalue weighted by atomic mass is 16.6. The second-order valence-electron chi connectivity index (χ2n) is 4.95. The summed E-state index contributed by atoms with van der Waals surface area (Å²) in [4.78, 5) is 45.1. The Labute approximate surface area is 142 Å². The molecule has 0 heterocycles. The van der Waals surface area contributed by atoms with Crippen LogP contribution in [0.5, 0.6) is 0 Å². The first kappa shape index (κ1) is 20.0. The first-order valence-corrected chi connectivity index (χ1v) is 7.21. The number of benzene rings is 1. The lowest BCUT2D eigenvalue weighted by Crippen LogP contribution is -2.34. The molecule has 136 valence electrons. The molecule has 0 atom stereocenters. The van der Waals surface area contributed by atoms with Gasteiger partial charge in [0.25, 0.3) is 17.3 Å². The summed E-state index contributed by atoms with van der Waals surface area (Å²) < 4.78 is 4.49. The van der Waals surface area contributed by atoms with Gasteiger partial charge < -0.3 is 14.7 Å². The number of aliphatic hydroxyl groups excluding tert-OH is 1. The van der Waals surface area contributed by atoms with Gasteiger partial charge in [0.15, 0.2) is 0 Å². The Morgan fingerprint density at radius 3 is 2.12 bits per heavy atom. The lowest BCUT2D eigenvalue weighted by molar-refractivity contribution is -0.394. The van der Waals surface area contributed by atoms with Gasteiger partial charge in [-0.2, -0.15) is 0 Å². The number of hydrogen-bond donors (Lipinski definition) is 1. The fourth-order valence-electron chi connectivity index (χ4n) is 2.02. The van der Waals surface area contributed by atoms with Crippen LogP contribution in [-0.4, -0.2) is 58.5 Å². The van der Waals surface area contributed by atoms with Crippen molar-refractivity contribution in [1.29, 1.82) is 0 Å². The van der Waals surface area contributed by atoms with E-state index >= 15 is 0 Å². The molecule has 0 aromatic heterocycles. The van der Waals surface area contributed by atoms with Crippen LogP contribution in [0.1, 0.15) is 23.2 Å². The fourth-order valence-corrected chi connectivity index (χ4v) is 2.02. The zero-order valence-corrected chi connectivity index (χ0v) is 13.4. The number of carbonyl (C=O) groups excluding carboxylic acids is 2. The van der Waals surface area contributed by atoms with Gasteiger partial charge in [-0.3, -0.25) is 29.8 Å². The number of nitro benzene ring substituents is 2. The van der Waals surface area contributed by atoms with Crippen molar-refractivity contribution in [2.75, 3.05) is 26.8 Å². The molecule has 1 aromatic carbocycles. The van der Waals surface area contributed by atoms with Crippen molar-refractivity contribution < 1.29 is 29.3 Å². The number of esters is 1. The molecule has 0 fully saturated rings. The Hall–Kier alpha value is -3.08. The van der Waals surface area contributed by atoms with Crippen LogP contribution in [0, 0.1) is 20.2 Å². The molecule has 0 bridgehead atoms. The molecule has 0 spiro atoms. The van der Waals surface area contributed by atoms with Crippen molar-refractivity contribution in [3.63, 3.8) is 0 Å². The van der Waals surface area contributed by atoms with Crippen molar-refractivity contribution in [2.24, 2.45) is 0 Å². The molecule has 25 heavy (non-hydrogen) atoms. The zero-order valence-electron chi connectivity index (χ0n) is 13.4. The number of ether oxygens (including phenoxy) is 1. The average Bonchev–Trinajstić information content (AvgIpc) is 2.60. The predicted octanol–water partition coefficient (Wildman–Crippen LogP) is 0.891. The number of hydrogen-bond acceptors (Lipinski definition) is 8. The quantitative estimate of drug-likeness (QED) is 0.389. The van der Waals surface area contributed by atoms with Gasteiger partial charge in [-0.15, -0.1) is 0 Å². The smallest absolute Gasteiger partial charge is 0.307 e. The average molecular weight is 355 g/mol. The first-order valence-electron chi connectivity index (χ1n) is 7.21. The molecule has 11 heteroatoms. The Morgan fingerprint density at radius 2 is 1.68 bits per heavy atom. The highest BCUT2D eigenvalue weighted by Crippen LogP contribution is 2.23. The van der Waals surface area contributed by atoms with Gasteiger partial charge in [0, 0.05) is 31.8 Å². The van der Waals surface area contributed by atoms with E-state index < -0.39 is 33.1 Å². The highest BCUT2D eigenvalue weighted by molar-refractivity contribution is 5.95. The summed E-state index contributed by atoms with van der Waals surface area (Å²) >= 11 is 0. The maximum atomic E-state index is 12.5. The molecule has 0 aliphatic heterocycles. The minimum Gasteiger partial charge on any atom is -0.469 e. The number of non-ortho nitro benzene ring substituents is 2. The van der Waals surface area contributed by atoms with Crippen LogP contribution in [0.25, 0.3) is 0 Å². The molecule has 11 nitrogen and oxygen atoms in total. The number of nitrogens with zero attached hydrogens (tertiary/aromatic N) is 3. The summed E-state index contributed by atoms with van der Waals surface area (Å²) in [5, 5.41) is 30.7. The highest BCUT2D eigenvalue weighted by Gasteiger charge is 2.23. The summed E-state index contributed by atoms with van der Waals surface area (Å²) in [6.45, 7) is -0.193. The topological polar surface area (TPSA) is 153 Å². The zero-order chi connectivity index (χ0) is 19.0. The van der Waals surface area contributed by atoms with E-state index in [4.69, 9.17) is 5.11 Å². The standard InChI is InChI=1S/C14H17N3O8/c1-25-13(19)3-5-15(4-2-6-18)14(20)10-7-11(16(21)22)9-12(8-10)17(23)24/h7-9,18H,2-6H2,1H3. The molecule has 0 radical (unpaired) electrons. The maximum absolute atomic E-state index is 12.5. The van der Waals surface area contributed by atoms with Crippen LogP contribution in [0.4, 0.5) is 11.4 Å². The molecule has 0 aliphatic carbocycles. The van der Waals surface area contributed by atoms with E-state index in [-0.39, 0.29) is 38.1 Å². The third kappa shape index (κ3) is 5.80. The van der Waals surface area contributed by atoms with Gasteiger partial charge in [-0.05, 0) is 6.42 Å². The Morgan fingerprint density at radius 1 is 1.12 bits per heavy atom. The number of nitro groups is 2. The minimum absolute atomic E-state index is 0.0536. The molecule has 1 rings (SSSR count). The Balaban J connectivity index is 3.14. The van der Waals surface area contributed by atoms with Crippen molar-refractivity contribution in [2.45, 2.75) is 12.8 Å². The van der Waals surface area contributed by atoms with E-state index in [2.05, 4.69) is 4.74 Å². The SMILES string of the molecule is COC(=O)CCN(CCCO)C(=O)c1cc([N+](=O)[O-])cc([N+](=O)[O-])c1. The summed E-state index contributed by atoms with van der Waals surface area (Å²) in [6, 6.07) is 2.61.